The van der Waals surface area contributed by atoms with Gasteiger partial charge in [0.25, 0.3) is 0 Å². The first-order valence-corrected chi connectivity index (χ1v) is 6.50. The smallest absolute Gasteiger partial charge is 0.322 e. The Bertz CT molecular complexity index is 467. The van der Waals surface area contributed by atoms with Crippen LogP contribution in [0, 0.1) is 29.1 Å². The molecule has 3 N–H and O–H groups in total. The Balaban J connectivity index is 3.30. The number of carbonyl (C=O) groups is 4. The van der Waals surface area contributed by atoms with E-state index in [1.165, 1.54) is 0 Å². The minimum atomic E-state index is -2.48. The van der Waals surface area contributed by atoms with Crippen LogP contribution in [0.4, 0.5) is 0 Å². The Morgan fingerprint density at radius 1 is 1.10 bits per heavy atom. The molecule has 0 radical (unpaired) electrons. The highest BCUT2D eigenvalue weighted by atomic mass is 16.5. The van der Waals surface area contributed by atoms with Gasteiger partial charge in [0.05, 0.1) is 18.4 Å². The van der Waals surface area contributed by atoms with E-state index in [0.29, 0.717) is 0 Å². The van der Waals surface area contributed by atoms with Gasteiger partial charge in [-0.3, -0.25) is 19.2 Å². The highest BCUT2D eigenvalue weighted by Crippen LogP contribution is 2.64. The van der Waals surface area contributed by atoms with Crippen LogP contribution < -0.4 is 0 Å². The van der Waals surface area contributed by atoms with Crippen LogP contribution in [-0.2, 0) is 23.9 Å². The molecule has 0 saturated heterocycles. The molecule has 118 valence electrons. The minimum absolute atomic E-state index is 0.0413. The number of esters is 1. The van der Waals surface area contributed by atoms with E-state index in [2.05, 4.69) is 0 Å². The lowest BCUT2D eigenvalue weighted by atomic mass is 9.86. The second-order valence-electron chi connectivity index (χ2n) is 5.34. The van der Waals surface area contributed by atoms with Gasteiger partial charge in [0, 0.05) is 5.92 Å². The predicted molar refractivity (Wildman–Crippen MR) is 67.3 cm³/mol. The summed E-state index contributed by atoms with van der Waals surface area (Å²) in [5, 5.41) is 27.5. The lowest BCUT2D eigenvalue weighted by Gasteiger charge is -2.20. The number of carboxylic acids is 3. The number of hydrogen-bond donors (Lipinski definition) is 3. The van der Waals surface area contributed by atoms with E-state index in [-0.39, 0.29) is 6.61 Å². The van der Waals surface area contributed by atoms with Gasteiger partial charge in [0.1, 0.15) is 0 Å². The second kappa shape index (κ2) is 5.71. The van der Waals surface area contributed by atoms with Gasteiger partial charge < -0.3 is 20.1 Å². The standard InChI is InChI=1S/C13H18O8/c1-4-21-10(16)6(5(2)3)7-8(9(14)15)13(7,11(17)18)12(19)20/h5-8H,4H2,1-3H3,(H,14,15)(H,17,18)(H,19,20). The van der Waals surface area contributed by atoms with Gasteiger partial charge in [-0.25, -0.2) is 0 Å². The van der Waals surface area contributed by atoms with Gasteiger partial charge in [-0.15, -0.1) is 0 Å². The Morgan fingerprint density at radius 2 is 1.57 bits per heavy atom. The number of carboxylic acid groups (broad SMARTS) is 3. The Kier molecular flexibility index (Phi) is 4.60. The molecule has 0 bridgehead atoms. The third-order valence-electron chi connectivity index (χ3n) is 3.90. The molecule has 0 aromatic carbocycles. The first-order chi connectivity index (χ1) is 9.63. The van der Waals surface area contributed by atoms with Crippen molar-refractivity contribution >= 4 is 23.9 Å². The molecular formula is C13H18O8. The van der Waals surface area contributed by atoms with Crippen molar-refractivity contribution in [1.29, 1.82) is 0 Å². The number of rotatable bonds is 7. The molecule has 0 heterocycles. The molecule has 0 amide bonds. The largest absolute Gasteiger partial charge is 0.481 e. The molecule has 0 aromatic rings. The molecular weight excluding hydrogens is 284 g/mol. The highest BCUT2D eigenvalue weighted by Gasteiger charge is 2.81. The topological polar surface area (TPSA) is 138 Å². The lowest BCUT2D eigenvalue weighted by molar-refractivity contribution is -0.162. The third-order valence-corrected chi connectivity index (χ3v) is 3.90. The monoisotopic (exact) mass is 302 g/mol. The van der Waals surface area contributed by atoms with Gasteiger partial charge in [-0.2, -0.15) is 0 Å². The van der Waals surface area contributed by atoms with Gasteiger partial charge in [0.2, 0.25) is 0 Å². The molecule has 8 nitrogen and oxygen atoms in total. The van der Waals surface area contributed by atoms with Crippen molar-refractivity contribution in [2.45, 2.75) is 20.8 Å². The van der Waals surface area contributed by atoms with E-state index in [4.69, 9.17) is 9.84 Å². The quantitative estimate of drug-likeness (QED) is 0.451. The average Bonchev–Trinajstić information content (AvgIpc) is 3.00. The maximum Gasteiger partial charge on any atom is 0.322 e. The van der Waals surface area contributed by atoms with Gasteiger partial charge in [-0.05, 0) is 12.8 Å². The van der Waals surface area contributed by atoms with Crippen molar-refractivity contribution in [3.63, 3.8) is 0 Å². The van der Waals surface area contributed by atoms with Crippen molar-refractivity contribution in [2.75, 3.05) is 6.61 Å². The lowest BCUT2D eigenvalue weighted by Crippen LogP contribution is -2.34. The summed E-state index contributed by atoms with van der Waals surface area (Å²) in [6, 6.07) is 0. The number of hydrogen-bond acceptors (Lipinski definition) is 5. The summed E-state index contributed by atoms with van der Waals surface area (Å²) in [5.74, 6) is -10.3. The molecule has 1 fully saturated rings. The van der Waals surface area contributed by atoms with Crippen LogP contribution in [0.1, 0.15) is 20.8 Å². The normalized spacial score (nSPS) is 24.2. The summed E-state index contributed by atoms with van der Waals surface area (Å²) in [4.78, 5) is 45.9. The van der Waals surface area contributed by atoms with Crippen LogP contribution in [0.25, 0.3) is 0 Å². The molecule has 1 aliphatic carbocycles. The minimum Gasteiger partial charge on any atom is -0.481 e. The van der Waals surface area contributed by atoms with Gasteiger partial charge >= 0.3 is 23.9 Å². The number of carbonyl (C=O) groups excluding carboxylic acids is 1. The van der Waals surface area contributed by atoms with Gasteiger partial charge in [-0.1, -0.05) is 13.8 Å². The van der Waals surface area contributed by atoms with Crippen LogP contribution in [-0.4, -0.2) is 45.8 Å². The zero-order valence-corrected chi connectivity index (χ0v) is 11.9. The van der Waals surface area contributed by atoms with Gasteiger partial charge in [0.15, 0.2) is 5.41 Å². The van der Waals surface area contributed by atoms with Crippen LogP contribution in [0.3, 0.4) is 0 Å². The predicted octanol–water partition coefficient (Wildman–Crippen LogP) is 0.308. The average molecular weight is 302 g/mol. The molecule has 0 aromatic heterocycles. The Labute approximate surface area is 120 Å². The molecule has 0 aliphatic heterocycles. The molecule has 1 saturated carbocycles. The Morgan fingerprint density at radius 3 is 1.81 bits per heavy atom. The van der Waals surface area contributed by atoms with E-state index in [0.717, 1.165) is 0 Å². The highest BCUT2D eigenvalue weighted by molar-refractivity contribution is 6.09. The zero-order chi connectivity index (χ0) is 16.5. The number of aliphatic carboxylic acids is 3. The molecule has 3 atom stereocenters. The SMILES string of the molecule is CCOC(=O)C(C(C)C)C1C(C(=O)O)C1(C(=O)O)C(=O)O. The summed E-state index contributed by atoms with van der Waals surface area (Å²) >= 11 is 0. The van der Waals surface area contributed by atoms with Crippen LogP contribution in [0.2, 0.25) is 0 Å². The maximum absolute atomic E-state index is 12.0. The fraction of sp³-hybridized carbons (Fsp3) is 0.692. The molecule has 3 unspecified atom stereocenters. The maximum atomic E-state index is 12.0. The molecule has 21 heavy (non-hydrogen) atoms. The van der Waals surface area contributed by atoms with Crippen LogP contribution in [0.15, 0.2) is 0 Å². The second-order valence-corrected chi connectivity index (χ2v) is 5.34. The van der Waals surface area contributed by atoms with E-state index >= 15 is 0 Å². The van der Waals surface area contributed by atoms with Crippen molar-refractivity contribution in [3.8, 4) is 0 Å². The molecule has 1 rings (SSSR count). The number of ether oxygens (including phenoxy) is 1. The summed E-state index contributed by atoms with van der Waals surface area (Å²) in [5.41, 5.74) is -2.48. The first kappa shape index (κ1) is 16.9. The summed E-state index contributed by atoms with van der Waals surface area (Å²) < 4.78 is 4.83. The van der Waals surface area contributed by atoms with Crippen molar-refractivity contribution in [3.05, 3.63) is 0 Å². The summed E-state index contributed by atoms with van der Waals surface area (Å²) in [6.07, 6.45) is 0. The third kappa shape index (κ3) is 2.45. The fourth-order valence-electron chi connectivity index (χ4n) is 2.97. The molecule has 8 heteroatoms. The molecule has 1 aliphatic rings. The fourth-order valence-corrected chi connectivity index (χ4v) is 2.97. The van der Waals surface area contributed by atoms with E-state index in [9.17, 15) is 29.4 Å². The Hall–Kier alpha value is -2.12. The summed E-state index contributed by atoms with van der Waals surface area (Å²) in [7, 11) is 0. The van der Waals surface area contributed by atoms with Crippen molar-refractivity contribution < 1.29 is 39.2 Å². The molecule has 0 spiro atoms. The van der Waals surface area contributed by atoms with Crippen molar-refractivity contribution in [1.82, 2.24) is 0 Å². The van der Waals surface area contributed by atoms with Crippen LogP contribution in [0.5, 0.6) is 0 Å². The van der Waals surface area contributed by atoms with E-state index in [1.807, 2.05) is 0 Å². The van der Waals surface area contributed by atoms with E-state index in [1.54, 1.807) is 20.8 Å². The van der Waals surface area contributed by atoms with Crippen LogP contribution >= 0.6 is 0 Å². The zero-order valence-electron chi connectivity index (χ0n) is 11.9. The first-order valence-electron chi connectivity index (χ1n) is 6.50. The summed E-state index contributed by atoms with van der Waals surface area (Å²) in [6.45, 7) is 4.78. The van der Waals surface area contributed by atoms with E-state index < -0.39 is 53.0 Å². The van der Waals surface area contributed by atoms with Crippen molar-refractivity contribution in [2.24, 2.45) is 29.1 Å².